The monoisotopic (exact) mass is 613 g/mol. The Morgan fingerprint density at radius 1 is 1.20 bits per heavy atom. The molecule has 0 saturated carbocycles. The van der Waals surface area contributed by atoms with Crippen molar-refractivity contribution in [3.05, 3.63) is 65.6 Å². The summed E-state index contributed by atoms with van der Waals surface area (Å²) in [7, 11) is 0. The normalized spacial score (nSPS) is 18.8. The fraction of sp³-hybridized carbons (Fsp3) is 0.367. The van der Waals surface area contributed by atoms with Gasteiger partial charge in [0.25, 0.3) is 5.91 Å². The van der Waals surface area contributed by atoms with E-state index in [1.165, 1.54) is 19.2 Å². The fourth-order valence-corrected chi connectivity index (χ4v) is 5.64. The van der Waals surface area contributed by atoms with E-state index in [1.54, 1.807) is 22.4 Å². The van der Waals surface area contributed by atoms with Crippen molar-refractivity contribution in [2.45, 2.75) is 58.2 Å². The Hall–Kier alpha value is -4.75. The molecule has 14 heteroatoms. The number of carbonyl (C=O) groups is 2. The molecular weight excluding hydrogens is 582 g/mol. The molecular formula is C30H31F4N7O3. The Kier molecular flexibility index (Phi) is 7.95. The van der Waals surface area contributed by atoms with E-state index in [1.807, 2.05) is 13.8 Å². The molecule has 0 radical (unpaired) electrons. The highest BCUT2D eigenvalue weighted by Crippen LogP contribution is 2.42. The van der Waals surface area contributed by atoms with E-state index in [-0.39, 0.29) is 52.8 Å². The zero-order chi connectivity index (χ0) is 32.0. The summed E-state index contributed by atoms with van der Waals surface area (Å²) in [4.78, 5) is 40.1. The maximum absolute atomic E-state index is 16.1. The second-order valence-corrected chi connectivity index (χ2v) is 11.1. The number of anilines is 2. The number of halogens is 4. The van der Waals surface area contributed by atoms with Crippen LogP contribution in [0.15, 0.2) is 42.9 Å². The molecule has 2 amide bonds. The minimum absolute atomic E-state index is 0.0303. The summed E-state index contributed by atoms with van der Waals surface area (Å²) in [5.74, 6) is -1.59. The molecule has 0 aliphatic carbocycles. The van der Waals surface area contributed by atoms with Crippen LogP contribution in [0.5, 0.6) is 5.75 Å². The van der Waals surface area contributed by atoms with Crippen LogP contribution in [-0.4, -0.2) is 55.3 Å². The Balaban J connectivity index is 1.60. The third kappa shape index (κ3) is 5.63. The maximum Gasteiger partial charge on any atom is 0.416 e. The second kappa shape index (κ2) is 11.4. The molecule has 0 spiro atoms. The smallest absolute Gasteiger partial charge is 0.416 e. The van der Waals surface area contributed by atoms with E-state index in [9.17, 15) is 22.8 Å². The zero-order valence-corrected chi connectivity index (χ0v) is 24.5. The largest absolute Gasteiger partial charge is 0.493 e. The number of carbonyl (C=O) groups excluding carboxylic acids is 2. The average molecular weight is 614 g/mol. The van der Waals surface area contributed by atoms with E-state index < -0.39 is 28.9 Å². The summed E-state index contributed by atoms with van der Waals surface area (Å²) in [6.07, 6.45) is 0.867. The van der Waals surface area contributed by atoms with Gasteiger partial charge in [-0.15, -0.1) is 0 Å². The molecule has 1 fully saturated rings. The van der Waals surface area contributed by atoms with Crippen LogP contribution in [0.2, 0.25) is 0 Å². The lowest BCUT2D eigenvalue weighted by atomic mass is 9.78. The number of aromatic nitrogens is 4. The number of ether oxygens (including phenoxy) is 1. The van der Waals surface area contributed by atoms with E-state index in [4.69, 9.17) is 15.5 Å². The van der Waals surface area contributed by atoms with Gasteiger partial charge in [-0.25, -0.2) is 19.3 Å². The number of nitrogens with two attached hydrogens (primary N) is 1. The van der Waals surface area contributed by atoms with Crippen molar-refractivity contribution in [3.8, 4) is 17.0 Å². The van der Waals surface area contributed by atoms with Gasteiger partial charge in [-0.05, 0) is 51.0 Å². The van der Waals surface area contributed by atoms with Crippen LogP contribution in [0.1, 0.15) is 62.3 Å². The van der Waals surface area contributed by atoms with Crippen molar-refractivity contribution >= 4 is 29.0 Å². The summed E-state index contributed by atoms with van der Waals surface area (Å²) in [5.41, 5.74) is 4.86. The number of hydrogen-bond donors (Lipinski definition) is 2. The van der Waals surface area contributed by atoms with Gasteiger partial charge in [-0.1, -0.05) is 6.92 Å². The highest BCUT2D eigenvalue weighted by atomic mass is 19.4. The van der Waals surface area contributed by atoms with Crippen LogP contribution in [0, 0.1) is 5.82 Å². The number of alkyl halides is 3. The molecule has 2 atom stereocenters. The third-order valence-electron chi connectivity index (χ3n) is 7.87. The van der Waals surface area contributed by atoms with Crippen LogP contribution in [0.25, 0.3) is 16.8 Å². The molecule has 10 nitrogen and oxygen atoms in total. The van der Waals surface area contributed by atoms with Gasteiger partial charge < -0.3 is 20.7 Å². The zero-order valence-electron chi connectivity index (χ0n) is 24.5. The van der Waals surface area contributed by atoms with Crippen molar-refractivity contribution in [1.29, 1.82) is 0 Å². The minimum Gasteiger partial charge on any atom is -0.493 e. The predicted molar refractivity (Wildman–Crippen MR) is 155 cm³/mol. The standard InChI is InChI=1S/C30H31F4N7O3/c1-5-44-21-13-18(27(43)38-22-14-19(7-9-36-22)30(32,33)34)12-20(31)23(21)24-25-26(35)37-10-11-40(25)28(39-24)29(4)8-6-16(2)41(15-29)17(3)42/h7,9-14,16H,5-6,8,15H2,1-4H3,(H2,35,37)(H,36,38,43)/t16-,29-/m1/s1. The van der Waals surface area contributed by atoms with Gasteiger partial charge in [0.05, 0.1) is 17.7 Å². The number of benzene rings is 1. The van der Waals surface area contributed by atoms with E-state index in [0.717, 1.165) is 24.8 Å². The number of pyridine rings is 1. The average Bonchev–Trinajstić information content (AvgIpc) is 3.35. The van der Waals surface area contributed by atoms with Gasteiger partial charge in [0, 0.05) is 49.1 Å². The van der Waals surface area contributed by atoms with E-state index in [0.29, 0.717) is 30.4 Å². The van der Waals surface area contributed by atoms with Gasteiger partial charge >= 0.3 is 6.18 Å². The number of nitrogen functional groups attached to an aromatic ring is 1. The van der Waals surface area contributed by atoms with Crippen LogP contribution in [-0.2, 0) is 16.4 Å². The lowest BCUT2D eigenvalue weighted by molar-refractivity contribution is -0.137. The molecule has 1 aliphatic heterocycles. The molecule has 0 unspecified atom stereocenters. The SMILES string of the molecule is CCOc1cc(C(=O)Nc2cc(C(F)(F)F)ccn2)cc(F)c1-c1nc([C@]2(C)CC[C@@H](C)N(C(C)=O)C2)n2ccnc(N)c12. The number of nitrogens with one attached hydrogen (secondary N) is 1. The van der Waals surface area contributed by atoms with Gasteiger partial charge in [0.2, 0.25) is 5.91 Å². The topological polar surface area (TPSA) is 128 Å². The minimum atomic E-state index is -4.64. The second-order valence-electron chi connectivity index (χ2n) is 11.1. The number of rotatable bonds is 6. The number of nitrogens with zero attached hydrogens (tertiary/aromatic N) is 5. The molecule has 3 aromatic heterocycles. The van der Waals surface area contributed by atoms with Gasteiger partial charge in [0.1, 0.15) is 40.2 Å². The summed E-state index contributed by atoms with van der Waals surface area (Å²) < 4.78 is 63.0. The van der Waals surface area contributed by atoms with Crippen molar-refractivity contribution in [2.24, 2.45) is 0 Å². The molecule has 1 saturated heterocycles. The lowest BCUT2D eigenvalue weighted by Crippen LogP contribution is -2.51. The summed E-state index contributed by atoms with van der Waals surface area (Å²) in [6, 6.07) is 3.72. The predicted octanol–water partition coefficient (Wildman–Crippen LogP) is 5.47. The fourth-order valence-electron chi connectivity index (χ4n) is 5.64. The number of likely N-dealkylation sites (tertiary alicyclic amines) is 1. The van der Waals surface area contributed by atoms with E-state index >= 15 is 4.39 Å². The maximum atomic E-state index is 16.1. The number of hydrogen-bond acceptors (Lipinski definition) is 7. The highest BCUT2D eigenvalue weighted by Gasteiger charge is 2.41. The van der Waals surface area contributed by atoms with Crippen LogP contribution in [0.3, 0.4) is 0 Å². The summed E-state index contributed by atoms with van der Waals surface area (Å²) in [5, 5.41) is 2.28. The van der Waals surface area contributed by atoms with Crippen molar-refractivity contribution in [3.63, 3.8) is 0 Å². The molecule has 4 heterocycles. The lowest BCUT2D eigenvalue weighted by Gasteiger charge is -2.43. The van der Waals surface area contributed by atoms with Gasteiger partial charge in [-0.3, -0.25) is 14.0 Å². The Bertz CT molecular complexity index is 1760. The third-order valence-corrected chi connectivity index (χ3v) is 7.87. The van der Waals surface area contributed by atoms with Crippen molar-refractivity contribution < 1.29 is 31.9 Å². The van der Waals surface area contributed by atoms with Crippen molar-refractivity contribution in [2.75, 3.05) is 24.2 Å². The van der Waals surface area contributed by atoms with Crippen LogP contribution < -0.4 is 15.8 Å². The Morgan fingerprint density at radius 2 is 1.95 bits per heavy atom. The van der Waals surface area contributed by atoms with E-state index in [2.05, 4.69) is 15.3 Å². The van der Waals surface area contributed by atoms with Gasteiger partial charge in [0.15, 0.2) is 0 Å². The van der Waals surface area contributed by atoms with Crippen LogP contribution in [0.4, 0.5) is 29.2 Å². The molecule has 5 rings (SSSR count). The molecule has 3 N–H and O–H groups in total. The molecule has 232 valence electrons. The molecule has 1 aliphatic rings. The highest BCUT2D eigenvalue weighted by molar-refractivity contribution is 6.05. The summed E-state index contributed by atoms with van der Waals surface area (Å²) in [6.45, 7) is 7.65. The number of fused-ring (bicyclic) bond motifs is 1. The van der Waals surface area contributed by atoms with Gasteiger partial charge in [-0.2, -0.15) is 13.2 Å². The molecule has 1 aromatic carbocycles. The first kappa shape index (κ1) is 30.7. The number of amides is 2. The summed E-state index contributed by atoms with van der Waals surface area (Å²) >= 11 is 0. The quantitative estimate of drug-likeness (QED) is 0.276. The Morgan fingerprint density at radius 3 is 2.64 bits per heavy atom. The number of imidazole rings is 1. The Labute approximate surface area is 250 Å². The number of piperidine rings is 1. The molecule has 0 bridgehead atoms. The molecule has 44 heavy (non-hydrogen) atoms. The molecule has 4 aromatic rings. The first-order valence-electron chi connectivity index (χ1n) is 13.9. The van der Waals surface area contributed by atoms with Crippen molar-refractivity contribution in [1.82, 2.24) is 24.3 Å². The van der Waals surface area contributed by atoms with Crippen LogP contribution >= 0.6 is 0 Å². The first-order valence-corrected chi connectivity index (χ1v) is 13.9. The first-order chi connectivity index (χ1) is 20.7.